The topological polar surface area (TPSA) is 74.8 Å². The molecule has 1 aliphatic rings. The number of carbonyl (C=O) groups is 1. The number of imidazole rings is 1. The second-order valence-electron chi connectivity index (χ2n) is 8.51. The number of carbonyl (C=O) groups excluding carboxylic acids is 1. The Morgan fingerprint density at radius 1 is 1.09 bits per heavy atom. The number of pyridine rings is 1. The highest BCUT2D eigenvalue weighted by Crippen LogP contribution is 2.33. The van der Waals surface area contributed by atoms with Crippen molar-refractivity contribution in [3.63, 3.8) is 0 Å². The second-order valence-corrected chi connectivity index (χ2v) is 8.51. The summed E-state index contributed by atoms with van der Waals surface area (Å²) in [7, 11) is 0. The lowest BCUT2D eigenvalue weighted by molar-refractivity contribution is 0.0989. The van der Waals surface area contributed by atoms with E-state index in [4.69, 9.17) is 9.97 Å². The molecular weight excluding hydrogens is 410 g/mol. The Labute approximate surface area is 193 Å². The van der Waals surface area contributed by atoms with Gasteiger partial charge in [-0.15, -0.1) is 0 Å². The molecule has 0 spiro atoms. The number of fused-ring (bicyclic) bond motifs is 2. The highest BCUT2D eigenvalue weighted by Gasteiger charge is 2.28. The molecule has 6 nitrogen and oxygen atoms in total. The number of aromatic nitrogens is 3. The fourth-order valence-electron chi connectivity index (χ4n) is 4.66. The number of hydrogen-bond donors (Lipinski definition) is 0. The van der Waals surface area contributed by atoms with Crippen LogP contribution in [0, 0.1) is 32.1 Å². The van der Waals surface area contributed by atoms with Crippen molar-refractivity contribution in [3.05, 3.63) is 81.8 Å². The number of anilines is 1. The summed E-state index contributed by atoms with van der Waals surface area (Å²) in [4.78, 5) is 24.8. The molecule has 0 unspecified atom stereocenters. The van der Waals surface area contributed by atoms with Crippen LogP contribution in [0.2, 0.25) is 0 Å². The SMILES string of the molecule is CCc1nc2c(C)c(C)c(C)nc2n1-c1ccc2c(c1)CCN2C(=O)c1ccccc1C#N. The third-order valence-electron chi connectivity index (χ3n) is 6.71. The lowest BCUT2D eigenvalue weighted by Crippen LogP contribution is -2.29. The largest absolute Gasteiger partial charge is 0.308 e. The molecule has 0 aliphatic carbocycles. The van der Waals surface area contributed by atoms with Gasteiger partial charge in [-0.1, -0.05) is 19.1 Å². The van der Waals surface area contributed by atoms with E-state index < -0.39 is 0 Å². The predicted molar refractivity (Wildman–Crippen MR) is 129 cm³/mol. The molecule has 2 aromatic heterocycles. The van der Waals surface area contributed by atoms with Crippen molar-refractivity contribution in [2.45, 2.75) is 40.5 Å². The molecule has 1 amide bonds. The highest BCUT2D eigenvalue weighted by molar-refractivity contribution is 6.08. The second kappa shape index (κ2) is 7.86. The average Bonchev–Trinajstić information content (AvgIpc) is 3.43. The van der Waals surface area contributed by atoms with Crippen LogP contribution in [0.3, 0.4) is 0 Å². The van der Waals surface area contributed by atoms with Gasteiger partial charge in [0.2, 0.25) is 0 Å². The standard InChI is InChI=1S/C27H25N5O/c1-5-24-30-25-17(3)16(2)18(4)29-26(25)32(24)21-10-11-23-19(14-21)12-13-31(23)27(33)22-9-7-6-8-20(22)15-28/h6-11,14H,5,12-13H2,1-4H3. The van der Waals surface area contributed by atoms with Crippen molar-refractivity contribution in [2.75, 3.05) is 11.4 Å². The summed E-state index contributed by atoms with van der Waals surface area (Å²) < 4.78 is 2.14. The number of rotatable bonds is 3. The molecule has 0 N–H and O–H groups in total. The molecule has 2 aromatic carbocycles. The van der Waals surface area contributed by atoms with Crippen molar-refractivity contribution in [2.24, 2.45) is 0 Å². The Bertz CT molecular complexity index is 1470. The maximum absolute atomic E-state index is 13.2. The lowest BCUT2D eigenvalue weighted by Gasteiger charge is -2.18. The van der Waals surface area contributed by atoms with Crippen LogP contribution in [0.1, 0.15) is 51.1 Å². The van der Waals surface area contributed by atoms with Gasteiger partial charge in [0, 0.05) is 30.0 Å². The van der Waals surface area contributed by atoms with Gasteiger partial charge in [0.15, 0.2) is 5.65 Å². The fourth-order valence-corrected chi connectivity index (χ4v) is 4.66. The van der Waals surface area contributed by atoms with Gasteiger partial charge in [-0.3, -0.25) is 9.36 Å². The van der Waals surface area contributed by atoms with Gasteiger partial charge < -0.3 is 4.90 Å². The van der Waals surface area contributed by atoms with Crippen LogP contribution < -0.4 is 4.90 Å². The van der Waals surface area contributed by atoms with Gasteiger partial charge >= 0.3 is 0 Å². The molecule has 0 radical (unpaired) electrons. The van der Waals surface area contributed by atoms with E-state index in [0.29, 0.717) is 17.7 Å². The summed E-state index contributed by atoms with van der Waals surface area (Å²) in [5, 5.41) is 9.40. The third kappa shape index (κ3) is 3.20. The molecule has 0 saturated heterocycles. The summed E-state index contributed by atoms with van der Waals surface area (Å²) in [5.74, 6) is 0.837. The minimum Gasteiger partial charge on any atom is -0.308 e. The maximum atomic E-state index is 13.2. The molecule has 0 bridgehead atoms. The van der Waals surface area contributed by atoms with E-state index in [0.717, 1.165) is 52.5 Å². The van der Waals surface area contributed by atoms with Gasteiger partial charge in [-0.2, -0.15) is 5.26 Å². The van der Waals surface area contributed by atoms with Crippen LogP contribution in [0.15, 0.2) is 42.5 Å². The van der Waals surface area contributed by atoms with Gasteiger partial charge in [-0.25, -0.2) is 9.97 Å². The molecule has 4 aromatic rings. The van der Waals surface area contributed by atoms with Gasteiger partial charge in [0.25, 0.3) is 5.91 Å². The molecule has 0 fully saturated rings. The van der Waals surface area contributed by atoms with Gasteiger partial charge in [-0.05, 0) is 74.2 Å². The van der Waals surface area contributed by atoms with E-state index in [-0.39, 0.29) is 5.91 Å². The monoisotopic (exact) mass is 435 g/mol. The molecule has 164 valence electrons. The molecule has 6 heteroatoms. The van der Waals surface area contributed by atoms with Crippen molar-refractivity contribution < 1.29 is 4.79 Å². The quantitative estimate of drug-likeness (QED) is 0.455. The summed E-state index contributed by atoms with van der Waals surface area (Å²) in [6, 6.07) is 15.3. The van der Waals surface area contributed by atoms with E-state index in [2.05, 4.69) is 37.5 Å². The van der Waals surface area contributed by atoms with E-state index in [1.807, 2.05) is 19.1 Å². The summed E-state index contributed by atoms with van der Waals surface area (Å²) in [6.45, 7) is 8.93. The number of nitrogens with zero attached hydrogens (tertiary/aromatic N) is 5. The van der Waals surface area contributed by atoms with Gasteiger partial charge in [0.1, 0.15) is 11.3 Å². The van der Waals surface area contributed by atoms with Crippen LogP contribution in [-0.4, -0.2) is 27.0 Å². The predicted octanol–water partition coefficient (Wildman–Crippen LogP) is 4.98. The zero-order valence-electron chi connectivity index (χ0n) is 19.3. The Kier molecular flexibility index (Phi) is 4.98. The lowest BCUT2D eigenvalue weighted by atomic mass is 10.1. The minimum absolute atomic E-state index is 0.135. The maximum Gasteiger partial charge on any atom is 0.259 e. The normalized spacial score (nSPS) is 12.8. The summed E-state index contributed by atoms with van der Waals surface area (Å²) in [6.07, 6.45) is 1.56. The van der Waals surface area contributed by atoms with Crippen molar-refractivity contribution in [1.29, 1.82) is 5.26 Å². The molecule has 33 heavy (non-hydrogen) atoms. The first-order valence-corrected chi connectivity index (χ1v) is 11.2. The van der Waals surface area contributed by atoms with Crippen LogP contribution in [-0.2, 0) is 12.8 Å². The first-order chi connectivity index (χ1) is 15.9. The Balaban J connectivity index is 1.59. The zero-order valence-corrected chi connectivity index (χ0v) is 19.3. The number of benzene rings is 2. The molecule has 3 heterocycles. The van der Waals surface area contributed by atoms with Crippen LogP contribution in [0.4, 0.5) is 5.69 Å². The van der Waals surface area contributed by atoms with Crippen molar-refractivity contribution in [1.82, 2.24) is 14.5 Å². The number of hydrogen-bond acceptors (Lipinski definition) is 4. The van der Waals surface area contributed by atoms with E-state index in [1.54, 1.807) is 29.2 Å². The first kappa shape index (κ1) is 20.9. The van der Waals surface area contributed by atoms with Crippen molar-refractivity contribution in [3.8, 4) is 11.8 Å². The van der Waals surface area contributed by atoms with Gasteiger partial charge in [0.05, 0.1) is 17.2 Å². The third-order valence-corrected chi connectivity index (χ3v) is 6.71. The van der Waals surface area contributed by atoms with E-state index >= 15 is 0 Å². The highest BCUT2D eigenvalue weighted by atomic mass is 16.2. The van der Waals surface area contributed by atoms with E-state index in [1.165, 1.54) is 11.1 Å². The molecule has 5 rings (SSSR count). The molecule has 1 aliphatic heterocycles. The fraction of sp³-hybridized carbons (Fsp3) is 0.259. The zero-order chi connectivity index (χ0) is 23.3. The van der Waals surface area contributed by atoms with Crippen LogP contribution >= 0.6 is 0 Å². The van der Waals surface area contributed by atoms with Crippen LogP contribution in [0.5, 0.6) is 0 Å². The first-order valence-electron chi connectivity index (χ1n) is 11.2. The number of amides is 1. The Hall–Kier alpha value is -3.98. The van der Waals surface area contributed by atoms with Crippen LogP contribution in [0.25, 0.3) is 16.9 Å². The van der Waals surface area contributed by atoms with E-state index in [9.17, 15) is 10.1 Å². The smallest absolute Gasteiger partial charge is 0.259 e. The molecule has 0 saturated carbocycles. The molecular formula is C27H25N5O. The summed E-state index contributed by atoms with van der Waals surface area (Å²) >= 11 is 0. The Morgan fingerprint density at radius 3 is 2.64 bits per heavy atom. The minimum atomic E-state index is -0.135. The Morgan fingerprint density at radius 2 is 1.88 bits per heavy atom. The van der Waals surface area contributed by atoms with Crippen molar-refractivity contribution >= 4 is 22.8 Å². The number of aryl methyl sites for hydroxylation is 3. The molecule has 0 atom stereocenters. The summed E-state index contributed by atoms with van der Waals surface area (Å²) in [5.41, 5.74) is 9.04. The average molecular weight is 436 g/mol. The number of nitriles is 1.